The molecule has 1 heterocycles. The third kappa shape index (κ3) is 3.83. The molecule has 1 aliphatic rings. The number of methoxy groups -OCH3 is 1. The van der Waals surface area contributed by atoms with Crippen molar-refractivity contribution in [3.63, 3.8) is 0 Å². The van der Waals surface area contributed by atoms with Crippen LogP contribution >= 0.6 is 0 Å². The molecule has 1 N–H and O–H groups in total. The fourth-order valence-electron chi connectivity index (χ4n) is 2.28. The molecule has 1 atom stereocenters. The molecule has 0 bridgehead atoms. The van der Waals surface area contributed by atoms with E-state index in [2.05, 4.69) is 0 Å². The summed E-state index contributed by atoms with van der Waals surface area (Å²) in [7, 11) is 1.45. The fourth-order valence-corrected chi connectivity index (χ4v) is 2.28. The van der Waals surface area contributed by atoms with E-state index in [4.69, 9.17) is 14.2 Å². The number of nitro benzene ring substituents is 1. The molecule has 0 saturated carbocycles. The van der Waals surface area contributed by atoms with Crippen LogP contribution in [0.15, 0.2) is 12.1 Å². The molecule has 0 radical (unpaired) electrons. The van der Waals surface area contributed by atoms with Crippen molar-refractivity contribution in [1.29, 1.82) is 0 Å². The van der Waals surface area contributed by atoms with Crippen LogP contribution in [0.5, 0.6) is 11.5 Å². The second kappa shape index (κ2) is 7.24. The quantitative estimate of drug-likeness (QED) is 0.638. The summed E-state index contributed by atoms with van der Waals surface area (Å²) in [5.74, 6) is 0.649. The molecule has 1 aliphatic heterocycles. The summed E-state index contributed by atoms with van der Waals surface area (Å²) >= 11 is 0. The largest absolute Gasteiger partial charge is 0.493 e. The highest BCUT2D eigenvalue weighted by Gasteiger charge is 2.21. The second-order valence-electron chi connectivity index (χ2n) is 4.85. The summed E-state index contributed by atoms with van der Waals surface area (Å²) in [5.41, 5.74) is 0.0102. The summed E-state index contributed by atoms with van der Waals surface area (Å²) < 4.78 is 16.3. The number of aliphatic hydroxyl groups excluding tert-OH is 1. The Morgan fingerprint density at radius 3 is 2.81 bits per heavy atom. The van der Waals surface area contributed by atoms with Crippen molar-refractivity contribution in [2.24, 2.45) is 0 Å². The number of aliphatic hydroxyl groups is 1. The van der Waals surface area contributed by atoms with Gasteiger partial charge in [0.05, 0.1) is 36.4 Å². The first-order valence-corrected chi connectivity index (χ1v) is 6.86. The maximum atomic E-state index is 11.0. The van der Waals surface area contributed by atoms with Crippen LogP contribution in [0, 0.1) is 10.1 Å². The minimum atomic E-state index is -0.547. The van der Waals surface area contributed by atoms with Gasteiger partial charge in [0.2, 0.25) is 0 Å². The van der Waals surface area contributed by atoms with E-state index in [0.717, 1.165) is 25.9 Å². The van der Waals surface area contributed by atoms with Crippen LogP contribution in [-0.2, 0) is 11.3 Å². The van der Waals surface area contributed by atoms with Gasteiger partial charge >= 0.3 is 0 Å². The first-order valence-electron chi connectivity index (χ1n) is 6.86. The van der Waals surface area contributed by atoms with Crippen LogP contribution in [0.1, 0.15) is 24.8 Å². The van der Waals surface area contributed by atoms with E-state index in [0.29, 0.717) is 12.4 Å². The molecule has 21 heavy (non-hydrogen) atoms. The highest BCUT2D eigenvalue weighted by Crippen LogP contribution is 2.35. The van der Waals surface area contributed by atoms with Crippen molar-refractivity contribution in [2.75, 3.05) is 20.3 Å². The smallest absolute Gasteiger partial charge is 0.278 e. The Morgan fingerprint density at radius 1 is 1.43 bits per heavy atom. The third-order valence-electron chi connectivity index (χ3n) is 3.43. The van der Waals surface area contributed by atoms with Gasteiger partial charge in [0, 0.05) is 6.61 Å². The van der Waals surface area contributed by atoms with Crippen LogP contribution in [-0.4, -0.2) is 36.5 Å². The highest BCUT2D eigenvalue weighted by atomic mass is 16.6. The zero-order chi connectivity index (χ0) is 15.2. The summed E-state index contributed by atoms with van der Waals surface area (Å²) in [6.45, 7) is 0.611. The minimum absolute atomic E-state index is 0.0000283. The average molecular weight is 297 g/mol. The second-order valence-corrected chi connectivity index (χ2v) is 4.85. The van der Waals surface area contributed by atoms with E-state index in [9.17, 15) is 15.2 Å². The van der Waals surface area contributed by atoms with Crippen molar-refractivity contribution in [3.8, 4) is 11.5 Å². The van der Waals surface area contributed by atoms with Crippen molar-refractivity contribution >= 4 is 5.69 Å². The Kier molecular flexibility index (Phi) is 5.35. The third-order valence-corrected chi connectivity index (χ3v) is 3.43. The normalized spacial score (nSPS) is 18.3. The molecule has 1 aromatic rings. The molecule has 7 heteroatoms. The minimum Gasteiger partial charge on any atom is -0.493 e. The van der Waals surface area contributed by atoms with Crippen LogP contribution < -0.4 is 9.47 Å². The lowest BCUT2D eigenvalue weighted by atomic mass is 10.1. The molecule has 1 aromatic carbocycles. The zero-order valence-electron chi connectivity index (χ0n) is 11.9. The average Bonchev–Trinajstić information content (AvgIpc) is 2.52. The fraction of sp³-hybridized carbons (Fsp3) is 0.571. The predicted octanol–water partition coefficient (Wildman–Crippen LogP) is 2.04. The molecule has 116 valence electrons. The lowest BCUT2D eigenvalue weighted by molar-refractivity contribution is -0.386. The molecular formula is C14H19NO6. The molecule has 0 aromatic heterocycles. The number of hydrogen-bond donors (Lipinski definition) is 1. The van der Waals surface area contributed by atoms with Gasteiger partial charge in [-0.05, 0) is 25.3 Å². The first kappa shape index (κ1) is 15.5. The van der Waals surface area contributed by atoms with Gasteiger partial charge < -0.3 is 19.3 Å². The number of benzene rings is 1. The van der Waals surface area contributed by atoms with Crippen molar-refractivity contribution in [1.82, 2.24) is 0 Å². The number of nitro groups is 1. The van der Waals surface area contributed by atoms with Gasteiger partial charge in [-0.15, -0.1) is 0 Å². The molecule has 1 unspecified atom stereocenters. The Bertz CT molecular complexity index is 498. The summed E-state index contributed by atoms with van der Waals surface area (Å²) in [6, 6.07) is 2.71. The monoisotopic (exact) mass is 297 g/mol. The van der Waals surface area contributed by atoms with E-state index in [-0.39, 0.29) is 23.1 Å². The van der Waals surface area contributed by atoms with E-state index in [1.807, 2.05) is 0 Å². The van der Waals surface area contributed by atoms with E-state index in [1.54, 1.807) is 0 Å². The summed E-state index contributed by atoms with van der Waals surface area (Å²) in [4.78, 5) is 10.5. The molecule has 1 fully saturated rings. The Labute approximate surface area is 122 Å². The van der Waals surface area contributed by atoms with Gasteiger partial charge in [-0.2, -0.15) is 0 Å². The number of ether oxygens (including phenoxy) is 3. The van der Waals surface area contributed by atoms with E-state index in [1.165, 1.54) is 19.2 Å². The highest BCUT2D eigenvalue weighted by molar-refractivity contribution is 5.54. The van der Waals surface area contributed by atoms with Gasteiger partial charge in [0.15, 0.2) is 11.5 Å². The first-order chi connectivity index (χ1) is 10.2. The maximum Gasteiger partial charge on any atom is 0.278 e. The lowest BCUT2D eigenvalue weighted by Crippen LogP contribution is -2.25. The Morgan fingerprint density at radius 2 is 2.24 bits per heavy atom. The van der Waals surface area contributed by atoms with E-state index < -0.39 is 11.5 Å². The molecule has 0 spiro atoms. The van der Waals surface area contributed by atoms with Gasteiger partial charge in [0.1, 0.15) is 6.61 Å². The van der Waals surface area contributed by atoms with Crippen LogP contribution in [0.3, 0.4) is 0 Å². The van der Waals surface area contributed by atoms with Gasteiger partial charge in [-0.1, -0.05) is 0 Å². The number of rotatable bonds is 6. The Balaban J connectivity index is 2.16. The van der Waals surface area contributed by atoms with Gasteiger partial charge in [0.25, 0.3) is 5.69 Å². The topological polar surface area (TPSA) is 91.1 Å². The van der Waals surface area contributed by atoms with Gasteiger partial charge in [-0.25, -0.2) is 0 Å². The number of hydrogen-bond acceptors (Lipinski definition) is 6. The van der Waals surface area contributed by atoms with Crippen LogP contribution in [0.4, 0.5) is 5.69 Å². The lowest BCUT2D eigenvalue weighted by Gasteiger charge is -2.23. The summed E-state index contributed by atoms with van der Waals surface area (Å²) in [5, 5.41) is 20.2. The van der Waals surface area contributed by atoms with Crippen LogP contribution in [0.2, 0.25) is 0 Å². The maximum absolute atomic E-state index is 11.0. The molecular weight excluding hydrogens is 278 g/mol. The van der Waals surface area contributed by atoms with Crippen molar-refractivity contribution in [3.05, 3.63) is 27.8 Å². The van der Waals surface area contributed by atoms with Crippen LogP contribution in [0.25, 0.3) is 0 Å². The predicted molar refractivity (Wildman–Crippen MR) is 74.7 cm³/mol. The van der Waals surface area contributed by atoms with Gasteiger partial charge in [-0.3, -0.25) is 10.1 Å². The van der Waals surface area contributed by atoms with E-state index >= 15 is 0 Å². The van der Waals surface area contributed by atoms with Crippen molar-refractivity contribution < 1.29 is 24.2 Å². The zero-order valence-corrected chi connectivity index (χ0v) is 11.9. The molecule has 1 saturated heterocycles. The Hall–Kier alpha value is -1.86. The van der Waals surface area contributed by atoms with Crippen molar-refractivity contribution in [2.45, 2.75) is 32.0 Å². The summed E-state index contributed by atoms with van der Waals surface area (Å²) in [6.07, 6.45) is 3.06. The molecule has 0 amide bonds. The SMILES string of the molecule is COc1cc(CO)c([N+](=O)[O-])cc1OCC1CCCCO1. The number of nitrogens with zero attached hydrogens (tertiary/aromatic N) is 1. The molecule has 2 rings (SSSR count). The molecule has 7 nitrogen and oxygen atoms in total. The standard InChI is InChI=1S/C14H19NO6/c1-19-13-6-10(8-16)12(15(17)18)7-14(13)21-9-11-4-2-3-5-20-11/h6-7,11,16H,2-5,8-9H2,1H3. The molecule has 0 aliphatic carbocycles.